The van der Waals surface area contributed by atoms with Crippen LogP contribution in [0.5, 0.6) is 0 Å². The van der Waals surface area contributed by atoms with Crippen molar-refractivity contribution >= 4 is 5.97 Å². The van der Waals surface area contributed by atoms with Crippen LogP contribution in [0.2, 0.25) is 0 Å². The maximum atomic E-state index is 11.7. The van der Waals surface area contributed by atoms with E-state index in [1.165, 1.54) is 5.56 Å². The molecule has 126 valence electrons. The fraction of sp³-hybridized carbons (Fsp3) is 0.316. The number of nitrogens with zero attached hydrogens (tertiary/aromatic N) is 1. The largest absolute Gasteiger partial charge is 0.480 e. The monoisotopic (exact) mass is 325 g/mol. The molecule has 3 rings (SSSR count). The van der Waals surface area contributed by atoms with Crippen LogP contribution in [0.4, 0.5) is 0 Å². The summed E-state index contributed by atoms with van der Waals surface area (Å²) in [5.74, 6) is -0.829. The summed E-state index contributed by atoms with van der Waals surface area (Å²) in [5.41, 5.74) is 5.45. The molecule has 1 heterocycles. The van der Waals surface area contributed by atoms with Crippen molar-refractivity contribution in [1.82, 2.24) is 15.8 Å². The highest BCUT2D eigenvalue weighted by atomic mass is 16.4. The number of nitrogens with one attached hydrogen (secondary N) is 2. The first kappa shape index (κ1) is 16.6. The molecule has 0 radical (unpaired) electrons. The van der Waals surface area contributed by atoms with Crippen molar-refractivity contribution < 1.29 is 9.90 Å². The fourth-order valence-electron chi connectivity index (χ4n) is 3.07. The summed E-state index contributed by atoms with van der Waals surface area (Å²) in [6.45, 7) is 2.40. The highest BCUT2D eigenvalue weighted by Crippen LogP contribution is 2.20. The average Bonchev–Trinajstić information content (AvgIpc) is 2.63. The van der Waals surface area contributed by atoms with E-state index in [0.29, 0.717) is 6.42 Å². The second-order valence-electron chi connectivity index (χ2n) is 6.03. The number of benzene rings is 2. The number of hydrogen-bond donors (Lipinski definition) is 3. The Morgan fingerprint density at radius 2 is 1.83 bits per heavy atom. The number of hydrogen-bond acceptors (Lipinski definition) is 4. The molecule has 2 aromatic rings. The van der Waals surface area contributed by atoms with Gasteiger partial charge < -0.3 is 10.4 Å². The molecule has 5 nitrogen and oxygen atoms in total. The molecule has 5 heteroatoms. The van der Waals surface area contributed by atoms with E-state index in [0.717, 1.165) is 25.2 Å². The number of aliphatic carboxylic acids is 1. The third kappa shape index (κ3) is 4.20. The van der Waals surface area contributed by atoms with Crippen LogP contribution in [-0.2, 0) is 11.2 Å². The van der Waals surface area contributed by atoms with Crippen molar-refractivity contribution in [3.05, 3.63) is 71.8 Å². The minimum atomic E-state index is -0.829. The lowest BCUT2D eigenvalue weighted by Gasteiger charge is -2.38. The summed E-state index contributed by atoms with van der Waals surface area (Å²) < 4.78 is 0. The summed E-state index contributed by atoms with van der Waals surface area (Å²) in [6.07, 6.45) is 0.460. The molecule has 1 aliphatic heterocycles. The predicted molar refractivity (Wildman–Crippen MR) is 93.5 cm³/mol. The Bertz CT molecular complexity index is 648. The zero-order chi connectivity index (χ0) is 16.8. The Balaban J connectivity index is 1.73. The first-order valence-corrected chi connectivity index (χ1v) is 8.29. The molecule has 2 unspecified atom stereocenters. The summed E-state index contributed by atoms with van der Waals surface area (Å²) in [6, 6.07) is 19.4. The molecule has 1 aliphatic rings. The van der Waals surface area contributed by atoms with E-state index >= 15 is 0 Å². The minimum Gasteiger partial charge on any atom is -0.480 e. The number of rotatable bonds is 6. The first-order chi connectivity index (χ1) is 11.7. The lowest BCUT2D eigenvalue weighted by atomic mass is 10.0. The van der Waals surface area contributed by atoms with Crippen molar-refractivity contribution in [2.45, 2.75) is 18.5 Å². The van der Waals surface area contributed by atoms with Gasteiger partial charge in [-0.05, 0) is 17.5 Å². The molecule has 3 N–H and O–H groups in total. The number of carboxylic acids is 1. The molecule has 1 fully saturated rings. The van der Waals surface area contributed by atoms with Gasteiger partial charge in [-0.15, -0.1) is 0 Å². The van der Waals surface area contributed by atoms with Crippen LogP contribution >= 0.6 is 0 Å². The highest BCUT2D eigenvalue weighted by Gasteiger charge is 2.28. The second kappa shape index (κ2) is 8.06. The van der Waals surface area contributed by atoms with Gasteiger partial charge in [0.15, 0.2) is 0 Å². The van der Waals surface area contributed by atoms with Crippen molar-refractivity contribution in [2.24, 2.45) is 0 Å². The van der Waals surface area contributed by atoms with Gasteiger partial charge in [0.25, 0.3) is 0 Å². The number of carboxylic acid groups (broad SMARTS) is 1. The zero-order valence-electron chi connectivity index (χ0n) is 13.6. The molecule has 24 heavy (non-hydrogen) atoms. The van der Waals surface area contributed by atoms with Crippen molar-refractivity contribution in [3.63, 3.8) is 0 Å². The van der Waals surface area contributed by atoms with E-state index in [1.54, 1.807) is 0 Å². The minimum absolute atomic E-state index is 0.123. The normalized spacial score (nSPS) is 19.8. The Hall–Kier alpha value is -2.21. The molecule has 0 spiro atoms. The summed E-state index contributed by atoms with van der Waals surface area (Å²) in [4.78, 5) is 11.7. The van der Waals surface area contributed by atoms with Gasteiger partial charge in [-0.25, -0.2) is 10.4 Å². The number of hydrazine groups is 1. The molecule has 2 aromatic carbocycles. The van der Waals surface area contributed by atoms with E-state index in [9.17, 15) is 9.90 Å². The van der Waals surface area contributed by atoms with Gasteiger partial charge in [0.05, 0.1) is 6.04 Å². The van der Waals surface area contributed by atoms with Crippen LogP contribution in [-0.4, -0.2) is 41.8 Å². The van der Waals surface area contributed by atoms with Crippen molar-refractivity contribution in [1.29, 1.82) is 0 Å². The molecule has 1 saturated heterocycles. The Labute approximate surface area is 142 Å². The molecule has 0 bridgehead atoms. The number of piperazine rings is 1. The highest BCUT2D eigenvalue weighted by molar-refractivity contribution is 5.73. The van der Waals surface area contributed by atoms with Crippen LogP contribution in [0, 0.1) is 0 Å². The second-order valence-corrected chi connectivity index (χ2v) is 6.03. The molecule has 0 aromatic heterocycles. The average molecular weight is 325 g/mol. The van der Waals surface area contributed by atoms with Crippen LogP contribution in [0.3, 0.4) is 0 Å². The van der Waals surface area contributed by atoms with Crippen LogP contribution < -0.4 is 10.7 Å². The SMILES string of the molecule is O=C(O)C(Cc1ccccc1)NN1CCNCC1c1ccccc1. The molecular weight excluding hydrogens is 302 g/mol. The smallest absolute Gasteiger partial charge is 0.322 e. The maximum Gasteiger partial charge on any atom is 0.322 e. The van der Waals surface area contributed by atoms with Gasteiger partial charge in [-0.1, -0.05) is 60.7 Å². The van der Waals surface area contributed by atoms with Gasteiger partial charge in [0, 0.05) is 19.6 Å². The van der Waals surface area contributed by atoms with E-state index in [-0.39, 0.29) is 6.04 Å². The molecule has 0 amide bonds. The van der Waals surface area contributed by atoms with Gasteiger partial charge in [0.1, 0.15) is 6.04 Å². The molecule has 0 saturated carbocycles. The summed E-state index contributed by atoms with van der Waals surface area (Å²) >= 11 is 0. The van der Waals surface area contributed by atoms with Gasteiger partial charge in [-0.2, -0.15) is 0 Å². The Kier molecular flexibility index (Phi) is 5.59. The van der Waals surface area contributed by atoms with Crippen molar-refractivity contribution in [2.75, 3.05) is 19.6 Å². The van der Waals surface area contributed by atoms with E-state index in [2.05, 4.69) is 27.9 Å². The quantitative estimate of drug-likeness (QED) is 0.756. The number of carbonyl (C=O) groups is 1. The van der Waals surface area contributed by atoms with Gasteiger partial charge in [-0.3, -0.25) is 4.79 Å². The van der Waals surface area contributed by atoms with Gasteiger partial charge >= 0.3 is 5.97 Å². The molecule has 2 atom stereocenters. The summed E-state index contributed by atoms with van der Waals surface area (Å²) in [7, 11) is 0. The molecule has 0 aliphatic carbocycles. The topological polar surface area (TPSA) is 64.6 Å². The Morgan fingerprint density at radius 3 is 2.50 bits per heavy atom. The van der Waals surface area contributed by atoms with Crippen LogP contribution in [0.25, 0.3) is 0 Å². The third-order valence-electron chi connectivity index (χ3n) is 4.33. The van der Waals surface area contributed by atoms with Crippen molar-refractivity contribution in [3.8, 4) is 0 Å². The van der Waals surface area contributed by atoms with Crippen LogP contribution in [0.15, 0.2) is 60.7 Å². The van der Waals surface area contributed by atoms with E-state index in [1.807, 2.05) is 48.5 Å². The Morgan fingerprint density at radius 1 is 1.17 bits per heavy atom. The third-order valence-corrected chi connectivity index (χ3v) is 4.33. The van der Waals surface area contributed by atoms with E-state index in [4.69, 9.17) is 0 Å². The molecular formula is C19H23N3O2. The van der Waals surface area contributed by atoms with Crippen LogP contribution in [0.1, 0.15) is 17.2 Å². The lowest BCUT2D eigenvalue weighted by Crippen LogP contribution is -2.57. The maximum absolute atomic E-state index is 11.7. The summed E-state index contributed by atoms with van der Waals surface area (Å²) in [5, 5.41) is 15.1. The zero-order valence-corrected chi connectivity index (χ0v) is 13.6. The fourth-order valence-corrected chi connectivity index (χ4v) is 3.07. The first-order valence-electron chi connectivity index (χ1n) is 8.29. The standard InChI is InChI=1S/C19H23N3O2/c23-19(24)17(13-15-7-3-1-4-8-15)21-22-12-11-20-14-18(22)16-9-5-2-6-10-16/h1-10,17-18,20-21H,11-14H2,(H,23,24). The lowest BCUT2D eigenvalue weighted by molar-refractivity contribution is -0.141. The van der Waals surface area contributed by atoms with E-state index < -0.39 is 12.0 Å². The van der Waals surface area contributed by atoms with Gasteiger partial charge in [0.2, 0.25) is 0 Å². The predicted octanol–water partition coefficient (Wildman–Crippen LogP) is 1.83.